The Labute approximate surface area is 123 Å². The Bertz CT molecular complexity index is 481. The van der Waals surface area contributed by atoms with Gasteiger partial charge in [0.25, 0.3) is 0 Å². The third-order valence-electron chi connectivity index (χ3n) is 3.33. The van der Waals surface area contributed by atoms with E-state index in [4.69, 9.17) is 9.47 Å². The molecule has 114 valence electrons. The normalized spacial score (nSPS) is 17.3. The highest BCUT2D eigenvalue weighted by atomic mass is 16.5. The predicted molar refractivity (Wildman–Crippen MR) is 76.8 cm³/mol. The number of hydrogen-bond acceptors (Lipinski definition) is 4. The monoisotopic (exact) mass is 292 g/mol. The molecule has 1 atom stereocenters. The largest absolute Gasteiger partial charge is 0.497 e. The first-order valence-corrected chi connectivity index (χ1v) is 6.99. The van der Waals surface area contributed by atoms with E-state index < -0.39 is 11.8 Å². The first kappa shape index (κ1) is 15.3. The zero-order chi connectivity index (χ0) is 15.1. The average molecular weight is 292 g/mol. The van der Waals surface area contributed by atoms with Crippen molar-refractivity contribution in [2.75, 3.05) is 20.3 Å². The molecule has 1 aromatic rings. The molecule has 1 aliphatic heterocycles. The number of hydrogen-bond donors (Lipinski definition) is 2. The summed E-state index contributed by atoms with van der Waals surface area (Å²) < 4.78 is 10.4. The van der Waals surface area contributed by atoms with Crippen LogP contribution in [0.4, 0.5) is 0 Å². The van der Waals surface area contributed by atoms with Crippen molar-refractivity contribution in [2.24, 2.45) is 0 Å². The topological polar surface area (TPSA) is 76.7 Å². The van der Waals surface area contributed by atoms with Gasteiger partial charge in [0.15, 0.2) is 0 Å². The highest BCUT2D eigenvalue weighted by Gasteiger charge is 2.18. The molecule has 2 amide bonds. The number of benzene rings is 1. The molecule has 1 fully saturated rings. The van der Waals surface area contributed by atoms with Gasteiger partial charge in [-0.15, -0.1) is 0 Å². The number of ether oxygens (including phenoxy) is 2. The van der Waals surface area contributed by atoms with Crippen LogP contribution in [0.5, 0.6) is 5.75 Å². The third kappa shape index (κ3) is 4.75. The molecule has 6 nitrogen and oxygen atoms in total. The highest BCUT2D eigenvalue weighted by Crippen LogP contribution is 2.11. The summed E-state index contributed by atoms with van der Waals surface area (Å²) in [6.07, 6.45) is 1.96. The number of nitrogens with one attached hydrogen (secondary N) is 2. The molecule has 1 aliphatic rings. The van der Waals surface area contributed by atoms with E-state index >= 15 is 0 Å². The van der Waals surface area contributed by atoms with Crippen molar-refractivity contribution in [3.05, 3.63) is 29.8 Å². The van der Waals surface area contributed by atoms with E-state index in [9.17, 15) is 9.59 Å². The minimum Gasteiger partial charge on any atom is -0.497 e. The number of methoxy groups -OCH3 is 1. The lowest BCUT2D eigenvalue weighted by molar-refractivity contribution is -0.139. The van der Waals surface area contributed by atoms with Gasteiger partial charge in [-0.2, -0.15) is 0 Å². The Morgan fingerprint density at radius 2 is 1.95 bits per heavy atom. The summed E-state index contributed by atoms with van der Waals surface area (Å²) in [5.74, 6) is -0.512. The Hall–Kier alpha value is -2.08. The van der Waals surface area contributed by atoms with Gasteiger partial charge >= 0.3 is 11.8 Å². The second-order valence-electron chi connectivity index (χ2n) is 4.88. The summed E-state index contributed by atoms with van der Waals surface area (Å²) in [4.78, 5) is 23.3. The van der Waals surface area contributed by atoms with Gasteiger partial charge in [-0.25, -0.2) is 0 Å². The minimum atomic E-state index is -0.635. The molecule has 0 saturated carbocycles. The maximum Gasteiger partial charge on any atom is 0.309 e. The quantitative estimate of drug-likeness (QED) is 0.780. The average Bonchev–Trinajstić information content (AvgIpc) is 3.04. The van der Waals surface area contributed by atoms with Gasteiger partial charge in [-0.3, -0.25) is 9.59 Å². The zero-order valence-electron chi connectivity index (χ0n) is 12.1. The van der Waals surface area contributed by atoms with E-state index in [1.54, 1.807) is 19.2 Å². The maximum atomic E-state index is 11.7. The van der Waals surface area contributed by atoms with E-state index in [1.165, 1.54) is 0 Å². The molecule has 1 heterocycles. The Kier molecular flexibility index (Phi) is 5.57. The molecule has 0 spiro atoms. The smallest absolute Gasteiger partial charge is 0.309 e. The van der Waals surface area contributed by atoms with Crippen LogP contribution in [0, 0.1) is 0 Å². The van der Waals surface area contributed by atoms with Crippen molar-refractivity contribution >= 4 is 11.8 Å². The predicted octanol–water partition coefficient (Wildman–Crippen LogP) is 0.607. The molecule has 1 saturated heterocycles. The summed E-state index contributed by atoms with van der Waals surface area (Å²) in [7, 11) is 1.59. The van der Waals surface area contributed by atoms with Crippen LogP contribution in [0.2, 0.25) is 0 Å². The molecule has 0 aliphatic carbocycles. The van der Waals surface area contributed by atoms with Crippen molar-refractivity contribution in [3.8, 4) is 5.75 Å². The van der Waals surface area contributed by atoms with Gasteiger partial charge in [0.05, 0.1) is 13.2 Å². The fourth-order valence-corrected chi connectivity index (χ4v) is 2.10. The molecule has 1 unspecified atom stereocenters. The maximum absolute atomic E-state index is 11.7. The van der Waals surface area contributed by atoms with Crippen molar-refractivity contribution in [1.29, 1.82) is 0 Å². The number of amides is 2. The molecule has 21 heavy (non-hydrogen) atoms. The summed E-state index contributed by atoms with van der Waals surface area (Å²) in [6, 6.07) is 7.28. The number of rotatable bonds is 5. The summed E-state index contributed by atoms with van der Waals surface area (Å²) in [5.41, 5.74) is 0.899. The van der Waals surface area contributed by atoms with Gasteiger partial charge in [0, 0.05) is 19.7 Å². The molecule has 2 N–H and O–H groups in total. The van der Waals surface area contributed by atoms with E-state index in [2.05, 4.69) is 10.6 Å². The van der Waals surface area contributed by atoms with Crippen LogP contribution in [0.3, 0.4) is 0 Å². The Morgan fingerprint density at radius 3 is 2.57 bits per heavy atom. The summed E-state index contributed by atoms with van der Waals surface area (Å²) >= 11 is 0. The van der Waals surface area contributed by atoms with E-state index in [0.29, 0.717) is 13.1 Å². The lowest BCUT2D eigenvalue weighted by atomic mass is 10.2. The second-order valence-corrected chi connectivity index (χ2v) is 4.88. The van der Waals surface area contributed by atoms with Gasteiger partial charge in [-0.1, -0.05) is 12.1 Å². The Balaban J connectivity index is 1.71. The second kappa shape index (κ2) is 7.64. The van der Waals surface area contributed by atoms with E-state index in [0.717, 1.165) is 30.8 Å². The number of carbonyl (C=O) groups excluding carboxylic acids is 2. The Morgan fingerprint density at radius 1 is 1.24 bits per heavy atom. The molecule has 0 bridgehead atoms. The standard InChI is InChI=1S/C15H20N2O4/c1-20-12-6-4-11(5-7-12)9-16-14(18)15(19)17-10-13-3-2-8-21-13/h4-7,13H,2-3,8-10H2,1H3,(H,16,18)(H,17,19). The fraction of sp³-hybridized carbons (Fsp3) is 0.467. The molecule has 0 aromatic heterocycles. The fourth-order valence-electron chi connectivity index (χ4n) is 2.10. The van der Waals surface area contributed by atoms with Crippen LogP contribution >= 0.6 is 0 Å². The van der Waals surface area contributed by atoms with Crippen molar-refractivity contribution in [1.82, 2.24) is 10.6 Å². The van der Waals surface area contributed by atoms with Gasteiger partial charge in [0.2, 0.25) is 0 Å². The summed E-state index contributed by atoms with van der Waals surface area (Å²) in [6.45, 7) is 1.41. The van der Waals surface area contributed by atoms with Gasteiger partial charge in [-0.05, 0) is 30.5 Å². The lowest BCUT2D eigenvalue weighted by Crippen LogP contribution is -2.42. The molecular weight excluding hydrogens is 272 g/mol. The highest BCUT2D eigenvalue weighted by molar-refractivity contribution is 6.35. The molecule has 1 aromatic carbocycles. The van der Waals surface area contributed by atoms with Crippen LogP contribution in [0.25, 0.3) is 0 Å². The van der Waals surface area contributed by atoms with Gasteiger partial charge < -0.3 is 20.1 Å². The van der Waals surface area contributed by atoms with E-state index in [1.807, 2.05) is 12.1 Å². The van der Waals surface area contributed by atoms with Crippen molar-refractivity contribution in [3.63, 3.8) is 0 Å². The van der Waals surface area contributed by atoms with Crippen molar-refractivity contribution in [2.45, 2.75) is 25.5 Å². The first-order valence-electron chi connectivity index (χ1n) is 6.99. The molecular formula is C15H20N2O4. The lowest BCUT2D eigenvalue weighted by Gasteiger charge is -2.10. The summed E-state index contributed by atoms with van der Waals surface area (Å²) in [5, 5.41) is 5.16. The number of carbonyl (C=O) groups is 2. The SMILES string of the molecule is COc1ccc(CNC(=O)C(=O)NCC2CCCO2)cc1. The zero-order valence-corrected chi connectivity index (χ0v) is 12.1. The van der Waals surface area contributed by atoms with Crippen LogP contribution in [-0.2, 0) is 20.9 Å². The van der Waals surface area contributed by atoms with E-state index in [-0.39, 0.29) is 6.10 Å². The third-order valence-corrected chi connectivity index (χ3v) is 3.33. The van der Waals surface area contributed by atoms with Crippen LogP contribution in [-0.4, -0.2) is 38.2 Å². The minimum absolute atomic E-state index is 0.0309. The molecule has 6 heteroatoms. The molecule has 0 radical (unpaired) electrons. The van der Waals surface area contributed by atoms with Gasteiger partial charge in [0.1, 0.15) is 5.75 Å². The van der Waals surface area contributed by atoms with Crippen molar-refractivity contribution < 1.29 is 19.1 Å². The molecule has 2 rings (SSSR count). The van der Waals surface area contributed by atoms with Crippen LogP contribution in [0.15, 0.2) is 24.3 Å². The first-order chi connectivity index (χ1) is 10.2. The van der Waals surface area contributed by atoms with Crippen LogP contribution in [0.1, 0.15) is 18.4 Å². The van der Waals surface area contributed by atoms with Crippen LogP contribution < -0.4 is 15.4 Å².